The second-order valence-electron chi connectivity index (χ2n) is 9.47. The van der Waals surface area contributed by atoms with Gasteiger partial charge in [-0.25, -0.2) is 4.79 Å². The summed E-state index contributed by atoms with van der Waals surface area (Å²) in [6, 6.07) is 13.1. The van der Waals surface area contributed by atoms with Gasteiger partial charge in [0.2, 0.25) is 0 Å². The number of carbonyl (C=O) groups excluding carboxylic acids is 2. The summed E-state index contributed by atoms with van der Waals surface area (Å²) in [5.41, 5.74) is 4.31. The number of nitrogens with one attached hydrogen (secondary N) is 2. The lowest BCUT2D eigenvalue weighted by Crippen LogP contribution is -2.39. The van der Waals surface area contributed by atoms with Crippen LogP contribution in [0.25, 0.3) is 0 Å². The predicted molar refractivity (Wildman–Crippen MR) is 141 cm³/mol. The first kappa shape index (κ1) is 24.3. The number of thiophene rings is 1. The quantitative estimate of drug-likeness (QED) is 0.350. The Kier molecular flexibility index (Phi) is 6.73. The van der Waals surface area contributed by atoms with E-state index in [0.29, 0.717) is 29.7 Å². The van der Waals surface area contributed by atoms with E-state index in [-0.39, 0.29) is 5.91 Å². The van der Waals surface area contributed by atoms with E-state index >= 15 is 0 Å². The zero-order valence-corrected chi connectivity index (χ0v) is 21.8. The minimum Gasteiger partial charge on any atom is -0.490 e. The fourth-order valence-electron chi connectivity index (χ4n) is 4.65. The van der Waals surface area contributed by atoms with Gasteiger partial charge < -0.3 is 20.1 Å². The van der Waals surface area contributed by atoms with Crippen LogP contribution in [0.4, 0.5) is 5.00 Å². The summed E-state index contributed by atoms with van der Waals surface area (Å²) >= 11 is 1.67. The van der Waals surface area contributed by atoms with Crippen LogP contribution in [0, 0.1) is 6.92 Å². The lowest BCUT2D eigenvalue weighted by atomic mass is 9.99. The number of carbonyl (C=O) groups is 2. The molecule has 1 amide bonds. The Morgan fingerprint density at radius 1 is 1.14 bits per heavy atom. The van der Waals surface area contributed by atoms with E-state index in [1.807, 2.05) is 38.1 Å². The van der Waals surface area contributed by atoms with Gasteiger partial charge in [-0.15, -0.1) is 11.3 Å². The third kappa shape index (κ3) is 4.70. The zero-order chi connectivity index (χ0) is 25.4. The van der Waals surface area contributed by atoms with Gasteiger partial charge in [0.25, 0.3) is 5.91 Å². The molecule has 36 heavy (non-hydrogen) atoms. The van der Waals surface area contributed by atoms with Crippen molar-refractivity contribution in [2.45, 2.75) is 52.9 Å². The number of hydrogen-bond donors (Lipinski definition) is 2. The molecule has 7 nitrogen and oxygen atoms in total. The van der Waals surface area contributed by atoms with Gasteiger partial charge in [-0.2, -0.15) is 0 Å². The summed E-state index contributed by atoms with van der Waals surface area (Å²) < 4.78 is 11.5. The third-order valence-electron chi connectivity index (χ3n) is 6.69. The van der Waals surface area contributed by atoms with Crippen molar-refractivity contribution in [2.24, 2.45) is 0 Å². The highest BCUT2D eigenvalue weighted by Crippen LogP contribution is 2.42. The van der Waals surface area contributed by atoms with Gasteiger partial charge in [0, 0.05) is 24.0 Å². The van der Waals surface area contributed by atoms with Crippen LogP contribution in [0.2, 0.25) is 0 Å². The Hall–Kier alpha value is -3.36. The summed E-state index contributed by atoms with van der Waals surface area (Å²) in [6.07, 6.45) is 0.474. The van der Waals surface area contributed by atoms with Gasteiger partial charge in [0.1, 0.15) is 11.2 Å². The summed E-state index contributed by atoms with van der Waals surface area (Å²) in [6.45, 7) is 10.5. The van der Waals surface area contributed by atoms with Crippen molar-refractivity contribution in [3.05, 3.63) is 75.2 Å². The van der Waals surface area contributed by atoms with Crippen molar-refractivity contribution >= 4 is 28.2 Å². The normalized spacial score (nSPS) is 17.1. The van der Waals surface area contributed by atoms with E-state index < -0.39 is 12.1 Å². The molecule has 0 radical (unpaired) electrons. The SMILES string of the molecule is CCOc1cc([C@H]2NC(=O)c3c(sc4c3CCN(C(C)C)C4)N2)ccc1OC(=O)c1ccc(C)cc1. The number of ether oxygens (including phenoxy) is 2. The summed E-state index contributed by atoms with van der Waals surface area (Å²) in [5.74, 6) is 0.291. The molecule has 2 aliphatic rings. The molecule has 0 unspecified atom stereocenters. The number of esters is 1. The van der Waals surface area contributed by atoms with Crippen LogP contribution in [0.3, 0.4) is 0 Å². The van der Waals surface area contributed by atoms with Crippen LogP contribution in [-0.2, 0) is 13.0 Å². The van der Waals surface area contributed by atoms with Gasteiger partial charge in [0.05, 0.1) is 17.7 Å². The first-order chi connectivity index (χ1) is 17.3. The lowest BCUT2D eigenvalue weighted by molar-refractivity contribution is 0.0728. The minimum absolute atomic E-state index is 0.0583. The molecule has 1 aromatic heterocycles. The standard InChI is InChI=1S/C28H31N3O4S/c1-5-34-22-14-19(10-11-21(22)35-28(33)18-8-6-17(4)7-9-18)25-29-26(32)24-20-12-13-31(16(2)3)15-23(20)36-27(24)30-25/h6-11,14,16,25,30H,5,12-13,15H2,1-4H3,(H,29,32)/t25-/m0/s1. The number of benzene rings is 2. The molecule has 0 saturated carbocycles. The third-order valence-corrected chi connectivity index (χ3v) is 7.83. The fraction of sp³-hybridized carbons (Fsp3) is 0.357. The molecular formula is C28H31N3O4S. The summed E-state index contributed by atoms with van der Waals surface area (Å²) in [5, 5.41) is 7.52. The Labute approximate surface area is 215 Å². The van der Waals surface area contributed by atoms with Crippen LogP contribution < -0.4 is 20.1 Å². The number of hydrogen-bond acceptors (Lipinski definition) is 7. The Bertz CT molecular complexity index is 1300. The smallest absolute Gasteiger partial charge is 0.343 e. The molecule has 1 atom stereocenters. The molecule has 2 N–H and O–H groups in total. The van der Waals surface area contributed by atoms with Crippen LogP contribution >= 0.6 is 11.3 Å². The van der Waals surface area contributed by atoms with Gasteiger partial charge >= 0.3 is 5.97 Å². The van der Waals surface area contributed by atoms with E-state index in [0.717, 1.165) is 41.2 Å². The van der Waals surface area contributed by atoms with Crippen LogP contribution in [0.15, 0.2) is 42.5 Å². The van der Waals surface area contributed by atoms with Gasteiger partial charge in [-0.1, -0.05) is 23.8 Å². The average Bonchev–Trinajstić information content (AvgIpc) is 3.23. The second-order valence-corrected chi connectivity index (χ2v) is 10.6. The maximum absolute atomic E-state index is 13.2. The van der Waals surface area contributed by atoms with E-state index in [2.05, 4.69) is 29.4 Å². The highest BCUT2D eigenvalue weighted by molar-refractivity contribution is 7.16. The molecule has 3 heterocycles. The molecule has 5 rings (SSSR count). The average molecular weight is 506 g/mol. The molecule has 0 bridgehead atoms. The fourth-order valence-corrected chi connectivity index (χ4v) is 5.95. The number of rotatable bonds is 6. The molecule has 0 spiro atoms. The van der Waals surface area contributed by atoms with Crippen LogP contribution in [0.5, 0.6) is 11.5 Å². The van der Waals surface area contributed by atoms with E-state index in [9.17, 15) is 9.59 Å². The van der Waals surface area contributed by atoms with E-state index in [1.54, 1.807) is 29.5 Å². The molecule has 8 heteroatoms. The van der Waals surface area contributed by atoms with Crippen LogP contribution in [0.1, 0.15) is 69.2 Å². The topological polar surface area (TPSA) is 79.9 Å². The van der Waals surface area contributed by atoms with Gasteiger partial charge in [-0.05, 0) is 69.5 Å². The number of nitrogens with zero attached hydrogens (tertiary/aromatic N) is 1. The predicted octanol–water partition coefficient (Wildman–Crippen LogP) is 5.30. The van der Waals surface area contributed by atoms with E-state index in [4.69, 9.17) is 9.47 Å². The van der Waals surface area contributed by atoms with Crippen molar-refractivity contribution < 1.29 is 19.1 Å². The second kappa shape index (κ2) is 9.95. The molecule has 0 saturated heterocycles. The van der Waals surface area contributed by atoms with Crippen molar-refractivity contribution in [2.75, 3.05) is 18.5 Å². The maximum Gasteiger partial charge on any atom is 0.343 e. The molecule has 0 aliphatic carbocycles. The first-order valence-electron chi connectivity index (χ1n) is 12.4. The molecular weight excluding hydrogens is 474 g/mol. The Balaban J connectivity index is 1.38. The number of amides is 1. The monoisotopic (exact) mass is 505 g/mol. The van der Waals surface area contributed by atoms with Crippen molar-refractivity contribution in [1.82, 2.24) is 10.2 Å². The Morgan fingerprint density at radius 3 is 2.64 bits per heavy atom. The number of fused-ring (bicyclic) bond motifs is 3. The summed E-state index contributed by atoms with van der Waals surface area (Å²) in [7, 11) is 0. The highest BCUT2D eigenvalue weighted by Gasteiger charge is 2.34. The van der Waals surface area contributed by atoms with Crippen molar-refractivity contribution in [3.8, 4) is 11.5 Å². The number of aryl methyl sites for hydroxylation is 1. The molecule has 188 valence electrons. The lowest BCUT2D eigenvalue weighted by Gasteiger charge is -2.31. The Morgan fingerprint density at radius 2 is 1.92 bits per heavy atom. The highest BCUT2D eigenvalue weighted by atomic mass is 32.1. The largest absolute Gasteiger partial charge is 0.490 e. The van der Waals surface area contributed by atoms with Crippen molar-refractivity contribution in [3.63, 3.8) is 0 Å². The number of anilines is 1. The molecule has 2 aromatic carbocycles. The molecule has 0 fully saturated rings. The van der Waals surface area contributed by atoms with Gasteiger partial charge in [0.15, 0.2) is 11.5 Å². The zero-order valence-electron chi connectivity index (χ0n) is 21.0. The summed E-state index contributed by atoms with van der Waals surface area (Å²) in [4.78, 5) is 29.5. The van der Waals surface area contributed by atoms with E-state index in [1.165, 1.54) is 10.4 Å². The van der Waals surface area contributed by atoms with Crippen LogP contribution in [-0.4, -0.2) is 36.0 Å². The molecule has 3 aromatic rings. The maximum atomic E-state index is 13.2. The first-order valence-corrected chi connectivity index (χ1v) is 13.2. The minimum atomic E-state index is -0.447. The van der Waals surface area contributed by atoms with Gasteiger partial charge in [-0.3, -0.25) is 9.69 Å². The molecule has 2 aliphatic heterocycles. The van der Waals surface area contributed by atoms with Crippen molar-refractivity contribution in [1.29, 1.82) is 0 Å².